The number of nitrogens with one attached hydrogen (secondary N) is 1. The summed E-state index contributed by atoms with van der Waals surface area (Å²) in [5.74, 6) is 0.0129. The molecule has 5 nitrogen and oxygen atoms in total. The molecule has 0 atom stereocenters. The van der Waals surface area contributed by atoms with Crippen molar-refractivity contribution in [2.45, 2.75) is 13.1 Å². The lowest BCUT2D eigenvalue weighted by atomic mass is 10.2. The molecule has 1 aromatic heterocycles. The van der Waals surface area contributed by atoms with Gasteiger partial charge in [-0.15, -0.1) is 0 Å². The molecule has 29 heavy (non-hydrogen) atoms. The van der Waals surface area contributed by atoms with Crippen molar-refractivity contribution in [1.29, 1.82) is 0 Å². The topological polar surface area (TPSA) is 48.5 Å². The van der Waals surface area contributed by atoms with Gasteiger partial charge in [-0.1, -0.05) is 60.7 Å². The fraction of sp³-hybridized carbons (Fsp3) is 0.250. The van der Waals surface area contributed by atoms with Crippen LogP contribution in [-0.4, -0.2) is 46.9 Å². The highest BCUT2D eigenvalue weighted by molar-refractivity contribution is 5.92. The lowest BCUT2D eigenvalue weighted by Crippen LogP contribution is -2.48. The number of amides is 1. The summed E-state index contributed by atoms with van der Waals surface area (Å²) in [7, 11) is 0. The molecule has 4 rings (SSSR count). The number of rotatable bonds is 6. The summed E-state index contributed by atoms with van der Waals surface area (Å²) in [6.45, 7) is 4.92. The smallest absolute Gasteiger partial charge is 0.272 e. The standard InChI is InChI=1S/C24H26N4O/c29-24(28-15-13-27(14-16-28)19-21-9-5-2-6-10-21)23-12-11-22(18-26-23)25-17-20-7-3-1-4-8-20/h1-12,18,25H,13-17,19H2. The lowest BCUT2D eigenvalue weighted by molar-refractivity contribution is 0.0623. The maximum atomic E-state index is 12.8. The average Bonchev–Trinajstić information content (AvgIpc) is 2.79. The molecule has 0 aliphatic carbocycles. The minimum Gasteiger partial charge on any atom is -0.380 e. The first-order chi connectivity index (χ1) is 14.3. The van der Waals surface area contributed by atoms with Crippen LogP contribution in [0.25, 0.3) is 0 Å². The van der Waals surface area contributed by atoms with Gasteiger partial charge in [-0.3, -0.25) is 9.69 Å². The van der Waals surface area contributed by atoms with Crippen molar-refractivity contribution < 1.29 is 4.79 Å². The van der Waals surface area contributed by atoms with Gasteiger partial charge in [-0.25, -0.2) is 4.98 Å². The molecule has 0 radical (unpaired) electrons. The van der Waals surface area contributed by atoms with Gasteiger partial charge in [0.1, 0.15) is 5.69 Å². The largest absolute Gasteiger partial charge is 0.380 e. The Morgan fingerprint density at radius 3 is 2.10 bits per heavy atom. The quantitative estimate of drug-likeness (QED) is 0.703. The lowest BCUT2D eigenvalue weighted by Gasteiger charge is -2.34. The third kappa shape index (κ3) is 5.21. The third-order valence-corrected chi connectivity index (χ3v) is 5.23. The van der Waals surface area contributed by atoms with E-state index in [1.807, 2.05) is 41.3 Å². The molecule has 3 aromatic rings. The van der Waals surface area contributed by atoms with E-state index in [2.05, 4.69) is 51.6 Å². The summed E-state index contributed by atoms with van der Waals surface area (Å²) in [5.41, 5.74) is 3.94. The molecule has 0 bridgehead atoms. The Hall–Kier alpha value is -3.18. The number of benzene rings is 2. The molecule has 0 saturated carbocycles. The molecular formula is C24H26N4O. The van der Waals surface area contributed by atoms with Crippen LogP contribution < -0.4 is 5.32 Å². The number of carbonyl (C=O) groups excluding carboxylic acids is 1. The molecule has 0 unspecified atom stereocenters. The first-order valence-corrected chi connectivity index (χ1v) is 10.1. The van der Waals surface area contributed by atoms with Crippen molar-refractivity contribution >= 4 is 11.6 Å². The second-order valence-electron chi connectivity index (χ2n) is 7.33. The van der Waals surface area contributed by atoms with E-state index in [9.17, 15) is 4.79 Å². The number of hydrogen-bond acceptors (Lipinski definition) is 4. The molecule has 2 heterocycles. The van der Waals surface area contributed by atoms with Crippen molar-refractivity contribution in [2.24, 2.45) is 0 Å². The molecule has 1 amide bonds. The first-order valence-electron chi connectivity index (χ1n) is 10.1. The zero-order chi connectivity index (χ0) is 19.9. The van der Waals surface area contributed by atoms with Gasteiger partial charge in [-0.05, 0) is 23.3 Å². The molecular weight excluding hydrogens is 360 g/mol. The van der Waals surface area contributed by atoms with Crippen molar-refractivity contribution in [1.82, 2.24) is 14.8 Å². The number of piperazine rings is 1. The highest BCUT2D eigenvalue weighted by Crippen LogP contribution is 2.13. The van der Waals surface area contributed by atoms with Crippen LogP contribution in [-0.2, 0) is 13.1 Å². The van der Waals surface area contributed by atoms with E-state index < -0.39 is 0 Å². The molecule has 1 aliphatic heterocycles. The van der Waals surface area contributed by atoms with Gasteiger partial charge in [0.15, 0.2) is 0 Å². The molecule has 148 valence electrons. The van der Waals surface area contributed by atoms with E-state index in [-0.39, 0.29) is 5.91 Å². The summed E-state index contributed by atoms with van der Waals surface area (Å²) < 4.78 is 0. The summed E-state index contributed by atoms with van der Waals surface area (Å²) in [6, 6.07) is 24.4. The van der Waals surface area contributed by atoms with Gasteiger partial charge < -0.3 is 10.2 Å². The van der Waals surface area contributed by atoms with Crippen LogP contribution >= 0.6 is 0 Å². The number of anilines is 1. The number of pyridine rings is 1. The predicted molar refractivity (Wildman–Crippen MR) is 116 cm³/mol. The number of carbonyl (C=O) groups is 1. The van der Waals surface area contributed by atoms with Crippen molar-refractivity contribution in [2.75, 3.05) is 31.5 Å². The minimum atomic E-state index is 0.0129. The van der Waals surface area contributed by atoms with E-state index in [4.69, 9.17) is 0 Å². The van der Waals surface area contributed by atoms with E-state index in [1.165, 1.54) is 11.1 Å². The second-order valence-corrected chi connectivity index (χ2v) is 7.33. The summed E-state index contributed by atoms with van der Waals surface area (Å²) in [6.07, 6.45) is 1.74. The Kier molecular flexibility index (Phi) is 6.17. The van der Waals surface area contributed by atoms with Gasteiger partial charge >= 0.3 is 0 Å². The number of aromatic nitrogens is 1. The highest BCUT2D eigenvalue weighted by Gasteiger charge is 2.22. The Balaban J connectivity index is 1.27. The van der Waals surface area contributed by atoms with Gasteiger partial charge in [0.2, 0.25) is 0 Å². The molecule has 1 saturated heterocycles. The number of nitrogens with zero attached hydrogens (tertiary/aromatic N) is 3. The summed E-state index contributed by atoms with van der Waals surface area (Å²) >= 11 is 0. The zero-order valence-corrected chi connectivity index (χ0v) is 16.5. The highest BCUT2D eigenvalue weighted by atomic mass is 16.2. The number of hydrogen-bond donors (Lipinski definition) is 1. The Morgan fingerprint density at radius 1 is 0.828 bits per heavy atom. The Bertz CT molecular complexity index is 905. The van der Waals surface area contributed by atoms with E-state index in [0.717, 1.165) is 45.0 Å². The monoisotopic (exact) mass is 386 g/mol. The molecule has 1 aliphatic rings. The van der Waals surface area contributed by atoms with Gasteiger partial charge in [0.05, 0.1) is 11.9 Å². The van der Waals surface area contributed by atoms with Crippen molar-refractivity contribution in [3.8, 4) is 0 Å². The van der Waals surface area contributed by atoms with Crippen LogP contribution in [0.4, 0.5) is 5.69 Å². The van der Waals surface area contributed by atoms with Crippen LogP contribution in [0.3, 0.4) is 0 Å². The summed E-state index contributed by atoms with van der Waals surface area (Å²) in [4.78, 5) is 21.5. The maximum absolute atomic E-state index is 12.8. The molecule has 1 fully saturated rings. The fourth-order valence-electron chi connectivity index (χ4n) is 3.54. The fourth-order valence-corrected chi connectivity index (χ4v) is 3.54. The Labute approximate surface area is 172 Å². The molecule has 5 heteroatoms. The van der Waals surface area contributed by atoms with Crippen LogP contribution in [0.5, 0.6) is 0 Å². The second kappa shape index (κ2) is 9.34. The van der Waals surface area contributed by atoms with Crippen LogP contribution in [0, 0.1) is 0 Å². The van der Waals surface area contributed by atoms with Gasteiger partial charge in [0.25, 0.3) is 5.91 Å². The normalized spacial score (nSPS) is 14.6. The average molecular weight is 386 g/mol. The summed E-state index contributed by atoms with van der Waals surface area (Å²) in [5, 5.41) is 3.34. The molecule has 0 spiro atoms. The maximum Gasteiger partial charge on any atom is 0.272 e. The van der Waals surface area contributed by atoms with Crippen LogP contribution in [0.2, 0.25) is 0 Å². The van der Waals surface area contributed by atoms with Crippen LogP contribution in [0.1, 0.15) is 21.6 Å². The van der Waals surface area contributed by atoms with E-state index in [1.54, 1.807) is 6.20 Å². The molecule has 2 aromatic carbocycles. The first kappa shape index (κ1) is 19.2. The van der Waals surface area contributed by atoms with Gasteiger partial charge in [0, 0.05) is 39.3 Å². The molecule has 1 N–H and O–H groups in total. The van der Waals surface area contributed by atoms with Crippen molar-refractivity contribution in [3.63, 3.8) is 0 Å². The van der Waals surface area contributed by atoms with E-state index in [0.29, 0.717) is 5.69 Å². The van der Waals surface area contributed by atoms with Gasteiger partial charge in [-0.2, -0.15) is 0 Å². The van der Waals surface area contributed by atoms with Crippen molar-refractivity contribution in [3.05, 3.63) is 95.8 Å². The van der Waals surface area contributed by atoms with E-state index >= 15 is 0 Å². The Morgan fingerprint density at radius 2 is 1.48 bits per heavy atom. The minimum absolute atomic E-state index is 0.0129. The zero-order valence-electron chi connectivity index (χ0n) is 16.5. The van der Waals surface area contributed by atoms with Crippen LogP contribution in [0.15, 0.2) is 79.0 Å². The predicted octanol–water partition coefficient (Wildman–Crippen LogP) is 3.65. The SMILES string of the molecule is O=C(c1ccc(NCc2ccccc2)cn1)N1CCN(Cc2ccccc2)CC1. The third-order valence-electron chi connectivity index (χ3n) is 5.23.